The van der Waals surface area contributed by atoms with Gasteiger partial charge in [0.15, 0.2) is 0 Å². The molecule has 0 radical (unpaired) electrons. The fourth-order valence-electron chi connectivity index (χ4n) is 4.13. The summed E-state index contributed by atoms with van der Waals surface area (Å²) in [5, 5.41) is 0.438. The lowest BCUT2D eigenvalue weighted by Gasteiger charge is -2.34. The molecule has 0 saturated heterocycles. The monoisotopic (exact) mass is 334 g/mol. The van der Waals surface area contributed by atoms with Crippen LogP contribution in [0.4, 0.5) is 0 Å². The zero-order valence-corrected chi connectivity index (χ0v) is 13.9. The summed E-state index contributed by atoms with van der Waals surface area (Å²) >= 11 is 5.85. The van der Waals surface area contributed by atoms with Crippen molar-refractivity contribution in [3.05, 3.63) is 34.9 Å². The second kappa shape index (κ2) is 5.34. The maximum absolute atomic E-state index is 12.7. The summed E-state index contributed by atoms with van der Waals surface area (Å²) in [4.78, 5) is 37.2. The Kier molecular flexibility index (Phi) is 3.71. The first-order valence-electron chi connectivity index (χ1n) is 7.69. The van der Waals surface area contributed by atoms with Crippen LogP contribution in [0.1, 0.15) is 43.5 Å². The maximum atomic E-state index is 12.7. The van der Waals surface area contributed by atoms with Crippen molar-refractivity contribution in [1.82, 2.24) is 10.9 Å². The smallest absolute Gasteiger partial charge is 0.269 e. The summed E-state index contributed by atoms with van der Waals surface area (Å²) in [5.41, 5.74) is 3.77. The number of nitrogens with one attached hydrogen (secondary N) is 2. The molecule has 2 saturated carbocycles. The summed E-state index contributed by atoms with van der Waals surface area (Å²) in [7, 11) is 0. The van der Waals surface area contributed by atoms with Crippen molar-refractivity contribution in [2.24, 2.45) is 16.7 Å². The number of hydrogen-bond donors (Lipinski definition) is 2. The van der Waals surface area contributed by atoms with E-state index < -0.39 is 17.2 Å². The van der Waals surface area contributed by atoms with E-state index in [1.807, 2.05) is 13.8 Å². The summed E-state index contributed by atoms with van der Waals surface area (Å²) in [5.74, 6) is -0.657. The minimum Gasteiger partial charge on any atom is -0.298 e. The molecule has 23 heavy (non-hydrogen) atoms. The van der Waals surface area contributed by atoms with Crippen LogP contribution < -0.4 is 10.9 Å². The van der Waals surface area contributed by atoms with Gasteiger partial charge in [0.25, 0.3) is 11.8 Å². The lowest BCUT2D eigenvalue weighted by Crippen LogP contribution is -2.54. The highest BCUT2D eigenvalue weighted by atomic mass is 35.5. The highest BCUT2D eigenvalue weighted by Crippen LogP contribution is 2.63. The molecule has 2 aliphatic carbocycles. The molecule has 2 atom stereocenters. The molecule has 1 aromatic carbocycles. The van der Waals surface area contributed by atoms with Gasteiger partial charge in [0.05, 0.1) is 0 Å². The Morgan fingerprint density at radius 2 is 2.00 bits per heavy atom. The summed E-state index contributed by atoms with van der Waals surface area (Å²) in [6.45, 7) is 3.93. The van der Waals surface area contributed by atoms with Crippen LogP contribution in [0.5, 0.6) is 0 Å². The number of amides is 2. The second-order valence-corrected chi connectivity index (χ2v) is 7.34. The van der Waals surface area contributed by atoms with Crippen LogP contribution >= 0.6 is 11.6 Å². The minimum atomic E-state index is -1.03. The molecule has 5 nitrogen and oxygen atoms in total. The van der Waals surface area contributed by atoms with Gasteiger partial charge in [-0.25, -0.2) is 0 Å². The number of fused-ring (bicyclic) bond motifs is 2. The van der Waals surface area contributed by atoms with Gasteiger partial charge >= 0.3 is 0 Å². The van der Waals surface area contributed by atoms with Crippen LogP contribution in [0.15, 0.2) is 24.3 Å². The van der Waals surface area contributed by atoms with E-state index in [1.54, 1.807) is 18.2 Å². The quantitative estimate of drug-likeness (QED) is 0.644. The number of ketones is 1. The van der Waals surface area contributed by atoms with Crippen molar-refractivity contribution in [3.63, 3.8) is 0 Å². The van der Waals surface area contributed by atoms with Crippen LogP contribution in [0.25, 0.3) is 0 Å². The average Bonchev–Trinajstić information content (AvgIpc) is 2.87. The Balaban J connectivity index is 1.73. The van der Waals surface area contributed by atoms with E-state index in [4.69, 9.17) is 11.6 Å². The van der Waals surface area contributed by atoms with E-state index in [9.17, 15) is 14.4 Å². The zero-order chi connectivity index (χ0) is 16.8. The van der Waals surface area contributed by atoms with Crippen LogP contribution in [0, 0.1) is 16.7 Å². The number of rotatable bonds is 2. The van der Waals surface area contributed by atoms with Gasteiger partial charge in [-0.15, -0.1) is 0 Å². The summed E-state index contributed by atoms with van der Waals surface area (Å²) < 4.78 is 0. The van der Waals surface area contributed by atoms with Gasteiger partial charge in [-0.2, -0.15) is 0 Å². The van der Waals surface area contributed by atoms with Crippen molar-refractivity contribution < 1.29 is 14.4 Å². The number of hydrogen-bond acceptors (Lipinski definition) is 3. The third-order valence-electron chi connectivity index (χ3n) is 5.66. The van der Waals surface area contributed by atoms with Crippen LogP contribution in [-0.2, 0) is 9.59 Å². The van der Waals surface area contributed by atoms with E-state index in [1.165, 1.54) is 6.07 Å². The van der Waals surface area contributed by atoms with E-state index in [0.29, 0.717) is 23.4 Å². The Morgan fingerprint density at radius 1 is 1.26 bits per heavy atom. The van der Waals surface area contributed by atoms with E-state index in [0.717, 1.165) is 6.42 Å². The summed E-state index contributed by atoms with van der Waals surface area (Å²) in [6.07, 6.45) is 1.86. The topological polar surface area (TPSA) is 75.3 Å². The van der Waals surface area contributed by atoms with Gasteiger partial charge in [-0.05, 0) is 42.4 Å². The van der Waals surface area contributed by atoms with Crippen molar-refractivity contribution in [2.75, 3.05) is 0 Å². The molecular weight excluding hydrogens is 316 g/mol. The van der Waals surface area contributed by atoms with Gasteiger partial charge in [0.2, 0.25) is 0 Å². The Hall–Kier alpha value is -1.88. The first kappa shape index (κ1) is 16.0. The minimum absolute atomic E-state index is 0.0201. The third-order valence-corrected chi connectivity index (χ3v) is 5.90. The lowest BCUT2D eigenvalue weighted by molar-refractivity contribution is -0.145. The van der Waals surface area contributed by atoms with Gasteiger partial charge < -0.3 is 0 Å². The molecule has 1 aromatic rings. The largest absolute Gasteiger partial charge is 0.298 e. The zero-order valence-electron chi connectivity index (χ0n) is 13.1. The maximum Gasteiger partial charge on any atom is 0.269 e. The lowest BCUT2D eigenvalue weighted by atomic mass is 9.68. The Labute approximate surface area is 139 Å². The highest BCUT2D eigenvalue weighted by Gasteiger charge is 2.68. The molecule has 2 bridgehead atoms. The first-order valence-corrected chi connectivity index (χ1v) is 8.06. The SMILES string of the molecule is CC1(C)C2CCC1(C(=O)NNC(=O)c1cccc(Cl)c1)C(=O)C2. The number of benzene rings is 1. The molecule has 2 amide bonds. The van der Waals surface area contributed by atoms with Gasteiger partial charge in [-0.3, -0.25) is 25.2 Å². The fraction of sp³-hybridized carbons (Fsp3) is 0.471. The first-order chi connectivity index (χ1) is 10.8. The molecule has 2 unspecified atom stereocenters. The Morgan fingerprint density at radius 3 is 2.57 bits per heavy atom. The van der Waals surface area contributed by atoms with Crippen molar-refractivity contribution >= 4 is 29.2 Å². The number of carbonyl (C=O) groups excluding carboxylic acids is 3. The van der Waals surface area contributed by atoms with Crippen LogP contribution in [0.3, 0.4) is 0 Å². The predicted molar refractivity (Wildman–Crippen MR) is 85.6 cm³/mol. The van der Waals surface area contributed by atoms with E-state index >= 15 is 0 Å². The van der Waals surface area contributed by atoms with Gasteiger partial charge in [-0.1, -0.05) is 31.5 Å². The molecule has 0 aliphatic heterocycles. The molecule has 6 heteroatoms. The standard InChI is InChI=1S/C17H19ClN2O3/c1-16(2)11-6-7-17(16,13(21)9-11)15(23)20-19-14(22)10-4-3-5-12(18)8-10/h3-5,8,11H,6-7,9H2,1-2H3,(H,19,22)(H,20,23). The van der Waals surface area contributed by atoms with Crippen LogP contribution in [-0.4, -0.2) is 17.6 Å². The molecule has 0 aromatic heterocycles. The molecule has 122 valence electrons. The number of halogens is 1. The van der Waals surface area contributed by atoms with E-state index in [2.05, 4.69) is 10.9 Å². The summed E-state index contributed by atoms with van der Waals surface area (Å²) in [6, 6.07) is 6.43. The normalized spacial score (nSPS) is 27.8. The molecule has 0 spiro atoms. The van der Waals surface area contributed by atoms with Crippen LogP contribution in [0.2, 0.25) is 5.02 Å². The van der Waals surface area contributed by atoms with Crippen molar-refractivity contribution in [3.8, 4) is 0 Å². The number of Topliss-reactive ketones (excluding diaryl/α,β-unsaturated/α-hetero) is 1. The van der Waals surface area contributed by atoms with E-state index in [-0.39, 0.29) is 17.1 Å². The van der Waals surface area contributed by atoms with Crippen molar-refractivity contribution in [2.45, 2.75) is 33.1 Å². The molecule has 0 heterocycles. The second-order valence-electron chi connectivity index (χ2n) is 6.91. The average molecular weight is 335 g/mol. The predicted octanol–water partition coefficient (Wildman–Crippen LogP) is 2.50. The molecular formula is C17H19ClN2O3. The molecule has 3 rings (SSSR count). The fourth-order valence-corrected chi connectivity index (χ4v) is 4.32. The number of hydrazine groups is 1. The Bertz CT molecular complexity index is 701. The van der Waals surface area contributed by atoms with Crippen molar-refractivity contribution in [1.29, 1.82) is 0 Å². The highest BCUT2D eigenvalue weighted by molar-refractivity contribution is 6.31. The van der Waals surface area contributed by atoms with Gasteiger partial charge in [0.1, 0.15) is 11.2 Å². The third kappa shape index (κ3) is 2.26. The molecule has 2 aliphatic rings. The van der Waals surface area contributed by atoms with Gasteiger partial charge in [0, 0.05) is 17.0 Å². The molecule has 2 fully saturated rings. The number of carbonyl (C=O) groups is 3. The molecule has 2 N–H and O–H groups in total.